The van der Waals surface area contributed by atoms with Crippen LogP contribution in [0.5, 0.6) is 0 Å². The molecule has 1 fully saturated rings. The van der Waals surface area contributed by atoms with Crippen molar-refractivity contribution >= 4 is 0 Å². The summed E-state index contributed by atoms with van der Waals surface area (Å²) in [4.78, 5) is 2.53. The highest BCUT2D eigenvalue weighted by Crippen LogP contribution is 2.29. The molecule has 0 aromatic rings. The second kappa shape index (κ2) is 8.06. The highest BCUT2D eigenvalue weighted by atomic mass is 16.5. The van der Waals surface area contributed by atoms with Crippen molar-refractivity contribution in [1.29, 1.82) is 0 Å². The van der Waals surface area contributed by atoms with E-state index in [0.29, 0.717) is 6.04 Å². The van der Waals surface area contributed by atoms with Gasteiger partial charge in [0.05, 0.1) is 6.61 Å². The topological polar surface area (TPSA) is 24.5 Å². The summed E-state index contributed by atoms with van der Waals surface area (Å²) in [6.45, 7) is 4.16. The molecule has 1 aliphatic carbocycles. The van der Waals surface area contributed by atoms with Gasteiger partial charge in [0.2, 0.25) is 0 Å². The van der Waals surface area contributed by atoms with Crippen LogP contribution in [0.4, 0.5) is 0 Å². The Kier molecular flexibility index (Phi) is 7.09. The highest BCUT2D eigenvalue weighted by Gasteiger charge is 2.26. The molecule has 0 saturated heterocycles. The first-order valence-corrected chi connectivity index (χ1v) is 7.08. The van der Waals surface area contributed by atoms with Gasteiger partial charge in [0.1, 0.15) is 0 Å². The van der Waals surface area contributed by atoms with Crippen LogP contribution in [0.2, 0.25) is 0 Å². The summed E-state index contributed by atoms with van der Waals surface area (Å²) in [6, 6.07) is 1.26. The SMILES string of the molecule is CCC1CCC(N(C)C(CNC)COC)CC1. The van der Waals surface area contributed by atoms with Crippen LogP contribution in [0.15, 0.2) is 0 Å². The maximum atomic E-state index is 5.33. The van der Waals surface area contributed by atoms with E-state index in [1.807, 2.05) is 7.05 Å². The van der Waals surface area contributed by atoms with Gasteiger partial charge >= 0.3 is 0 Å². The molecule has 1 saturated carbocycles. The Hall–Kier alpha value is -0.120. The molecule has 1 atom stereocenters. The molecule has 0 aliphatic heterocycles. The molecule has 0 aromatic heterocycles. The van der Waals surface area contributed by atoms with Crippen LogP contribution < -0.4 is 5.32 Å². The smallest absolute Gasteiger partial charge is 0.0630 e. The van der Waals surface area contributed by atoms with Gasteiger partial charge in [0, 0.05) is 25.7 Å². The lowest BCUT2D eigenvalue weighted by atomic mass is 9.83. The van der Waals surface area contributed by atoms with Crippen molar-refractivity contribution in [2.75, 3.05) is 34.4 Å². The van der Waals surface area contributed by atoms with Gasteiger partial charge in [-0.3, -0.25) is 4.90 Å². The van der Waals surface area contributed by atoms with E-state index in [2.05, 4.69) is 24.2 Å². The minimum Gasteiger partial charge on any atom is -0.383 e. The molecule has 1 rings (SSSR count). The first kappa shape index (κ1) is 14.9. The molecule has 1 aliphatic rings. The lowest BCUT2D eigenvalue weighted by Crippen LogP contribution is -2.48. The Morgan fingerprint density at radius 2 is 1.94 bits per heavy atom. The number of nitrogens with zero attached hydrogens (tertiary/aromatic N) is 1. The van der Waals surface area contributed by atoms with E-state index in [1.165, 1.54) is 32.1 Å². The Labute approximate surface area is 107 Å². The summed E-state index contributed by atoms with van der Waals surface area (Å²) >= 11 is 0. The van der Waals surface area contributed by atoms with Gasteiger partial charge in [-0.25, -0.2) is 0 Å². The summed E-state index contributed by atoms with van der Waals surface area (Å²) in [6.07, 6.45) is 6.89. The molecule has 3 heteroatoms. The largest absolute Gasteiger partial charge is 0.383 e. The first-order valence-electron chi connectivity index (χ1n) is 7.08. The Morgan fingerprint density at radius 3 is 2.41 bits per heavy atom. The zero-order valence-electron chi connectivity index (χ0n) is 12.0. The third-order valence-corrected chi connectivity index (χ3v) is 4.34. The predicted molar refractivity (Wildman–Crippen MR) is 73.4 cm³/mol. The molecule has 17 heavy (non-hydrogen) atoms. The van der Waals surface area contributed by atoms with Gasteiger partial charge in [0.25, 0.3) is 0 Å². The van der Waals surface area contributed by atoms with Crippen molar-refractivity contribution in [3.05, 3.63) is 0 Å². The van der Waals surface area contributed by atoms with E-state index in [-0.39, 0.29) is 0 Å². The number of ether oxygens (including phenoxy) is 1. The third-order valence-electron chi connectivity index (χ3n) is 4.34. The van der Waals surface area contributed by atoms with Crippen molar-refractivity contribution in [2.24, 2.45) is 5.92 Å². The van der Waals surface area contributed by atoms with Crippen LogP contribution in [-0.4, -0.2) is 51.3 Å². The molecule has 0 aromatic carbocycles. The molecule has 0 spiro atoms. The van der Waals surface area contributed by atoms with Crippen molar-refractivity contribution < 1.29 is 4.74 Å². The number of rotatable bonds is 7. The molecule has 1 N–H and O–H groups in total. The summed E-state index contributed by atoms with van der Waals surface area (Å²) < 4.78 is 5.33. The lowest BCUT2D eigenvalue weighted by Gasteiger charge is -2.38. The molecule has 3 nitrogen and oxygen atoms in total. The van der Waals surface area contributed by atoms with Crippen LogP contribution in [0.3, 0.4) is 0 Å². The lowest BCUT2D eigenvalue weighted by molar-refractivity contribution is 0.0605. The average Bonchev–Trinajstić information content (AvgIpc) is 2.38. The van der Waals surface area contributed by atoms with Crippen molar-refractivity contribution in [1.82, 2.24) is 10.2 Å². The van der Waals surface area contributed by atoms with Gasteiger partial charge in [-0.2, -0.15) is 0 Å². The molecule has 0 amide bonds. The zero-order chi connectivity index (χ0) is 12.7. The number of likely N-dealkylation sites (N-methyl/N-ethyl adjacent to an activating group) is 2. The number of methoxy groups -OCH3 is 1. The Balaban J connectivity index is 2.41. The Bertz CT molecular complexity index is 185. The maximum absolute atomic E-state index is 5.33. The van der Waals surface area contributed by atoms with E-state index >= 15 is 0 Å². The summed E-state index contributed by atoms with van der Waals surface area (Å²) in [5.74, 6) is 0.977. The molecule has 0 radical (unpaired) electrons. The third kappa shape index (κ3) is 4.57. The minimum atomic E-state index is 0.508. The predicted octanol–water partition coefficient (Wildman–Crippen LogP) is 2.12. The van der Waals surface area contributed by atoms with Crippen molar-refractivity contribution in [3.63, 3.8) is 0 Å². The van der Waals surface area contributed by atoms with Gasteiger partial charge in [-0.15, -0.1) is 0 Å². The summed E-state index contributed by atoms with van der Waals surface area (Å²) in [7, 11) is 6.08. The van der Waals surface area contributed by atoms with Crippen molar-refractivity contribution in [2.45, 2.75) is 51.1 Å². The van der Waals surface area contributed by atoms with Gasteiger partial charge in [-0.1, -0.05) is 13.3 Å². The molecule has 102 valence electrons. The molecule has 1 unspecified atom stereocenters. The van der Waals surface area contributed by atoms with Crippen LogP contribution in [-0.2, 0) is 4.74 Å². The summed E-state index contributed by atoms with van der Waals surface area (Å²) in [5, 5.41) is 3.27. The van der Waals surface area contributed by atoms with Crippen LogP contribution in [0.1, 0.15) is 39.0 Å². The highest BCUT2D eigenvalue weighted by molar-refractivity contribution is 4.82. The van der Waals surface area contributed by atoms with Crippen LogP contribution in [0, 0.1) is 5.92 Å². The second-order valence-corrected chi connectivity index (χ2v) is 5.42. The Morgan fingerprint density at radius 1 is 1.29 bits per heavy atom. The fraction of sp³-hybridized carbons (Fsp3) is 1.00. The fourth-order valence-electron chi connectivity index (χ4n) is 3.01. The zero-order valence-corrected chi connectivity index (χ0v) is 12.0. The van der Waals surface area contributed by atoms with E-state index in [4.69, 9.17) is 4.74 Å². The van der Waals surface area contributed by atoms with Crippen molar-refractivity contribution in [3.8, 4) is 0 Å². The monoisotopic (exact) mass is 242 g/mol. The van der Waals surface area contributed by atoms with E-state index in [1.54, 1.807) is 7.11 Å². The minimum absolute atomic E-state index is 0.508. The summed E-state index contributed by atoms with van der Waals surface area (Å²) in [5.41, 5.74) is 0. The normalized spacial score (nSPS) is 27.4. The standard InChI is InChI=1S/C14H30N2O/c1-5-12-6-8-13(9-7-12)16(3)14(10-15-2)11-17-4/h12-15H,5-11H2,1-4H3. The van der Waals surface area contributed by atoms with E-state index < -0.39 is 0 Å². The van der Waals surface area contributed by atoms with Gasteiger partial charge < -0.3 is 10.1 Å². The van der Waals surface area contributed by atoms with E-state index in [0.717, 1.165) is 25.1 Å². The van der Waals surface area contributed by atoms with E-state index in [9.17, 15) is 0 Å². The fourth-order valence-corrected chi connectivity index (χ4v) is 3.01. The van der Waals surface area contributed by atoms with Crippen LogP contribution >= 0.6 is 0 Å². The quantitative estimate of drug-likeness (QED) is 0.740. The number of hydrogen-bond acceptors (Lipinski definition) is 3. The van der Waals surface area contributed by atoms with Gasteiger partial charge in [-0.05, 0) is 45.7 Å². The number of hydrogen-bond donors (Lipinski definition) is 1. The van der Waals surface area contributed by atoms with Gasteiger partial charge in [0.15, 0.2) is 0 Å². The average molecular weight is 242 g/mol. The second-order valence-electron chi connectivity index (χ2n) is 5.42. The maximum Gasteiger partial charge on any atom is 0.0630 e. The molecule has 0 heterocycles. The number of nitrogens with one attached hydrogen (secondary N) is 1. The molecular weight excluding hydrogens is 212 g/mol. The first-order chi connectivity index (χ1) is 8.22. The molecule has 0 bridgehead atoms. The van der Waals surface area contributed by atoms with Crippen LogP contribution in [0.25, 0.3) is 0 Å². The molecular formula is C14H30N2O.